The number of H-pyrrole nitrogens is 1. The summed E-state index contributed by atoms with van der Waals surface area (Å²) in [6.07, 6.45) is 0. The van der Waals surface area contributed by atoms with Gasteiger partial charge in [-0.1, -0.05) is 26.8 Å². The third kappa shape index (κ3) is 4.29. The molecule has 1 heterocycles. The third-order valence-corrected chi connectivity index (χ3v) is 6.63. The molecule has 2 N–H and O–H groups in total. The molecule has 0 unspecified atom stereocenters. The average molecular weight is 428 g/mol. The molecule has 0 aliphatic heterocycles. The molecule has 2 aromatic carbocycles. The molecule has 3 aromatic rings. The maximum Gasteiger partial charge on any atom is 0.255 e. The van der Waals surface area contributed by atoms with E-state index in [1.165, 1.54) is 38.4 Å². The summed E-state index contributed by atoms with van der Waals surface area (Å²) in [5.74, 6) is -0.377. The number of anilines is 1. The van der Waals surface area contributed by atoms with Gasteiger partial charge in [0.05, 0.1) is 10.4 Å². The number of amides is 1. The Bertz CT molecular complexity index is 1270. The van der Waals surface area contributed by atoms with E-state index in [0.717, 1.165) is 15.3 Å². The molecule has 0 aliphatic carbocycles. The van der Waals surface area contributed by atoms with Crippen LogP contribution in [0.5, 0.6) is 0 Å². The van der Waals surface area contributed by atoms with Gasteiger partial charge in [-0.25, -0.2) is 12.7 Å². The first-order chi connectivity index (χ1) is 13.9. The smallest absolute Gasteiger partial charge is 0.255 e. The number of aromatic nitrogens is 1. The van der Waals surface area contributed by atoms with Gasteiger partial charge in [0.25, 0.3) is 5.91 Å². The van der Waals surface area contributed by atoms with E-state index in [1.807, 2.05) is 26.8 Å². The van der Waals surface area contributed by atoms with Gasteiger partial charge >= 0.3 is 0 Å². The van der Waals surface area contributed by atoms with Gasteiger partial charge in [-0.15, -0.1) is 0 Å². The number of nitrogens with zero attached hydrogens (tertiary/aromatic N) is 1. The lowest BCUT2D eigenvalue weighted by Crippen LogP contribution is -2.22. The maximum absolute atomic E-state index is 12.6. The van der Waals surface area contributed by atoms with Crippen LogP contribution in [0, 0.1) is 0 Å². The number of sulfonamides is 1. The topological polar surface area (TPSA) is 99.3 Å². The Morgan fingerprint density at radius 1 is 1.00 bits per heavy atom. The van der Waals surface area contributed by atoms with E-state index in [1.54, 1.807) is 18.2 Å². The van der Waals surface area contributed by atoms with Crippen LogP contribution in [0.25, 0.3) is 10.9 Å². The molecule has 7 nitrogen and oxygen atoms in total. The van der Waals surface area contributed by atoms with Crippen LogP contribution in [0.4, 0.5) is 5.69 Å². The summed E-state index contributed by atoms with van der Waals surface area (Å²) in [6.45, 7) is 6.12. The zero-order chi connectivity index (χ0) is 22.3. The molecule has 0 atom stereocenters. The first-order valence-corrected chi connectivity index (χ1v) is 10.8. The van der Waals surface area contributed by atoms with E-state index >= 15 is 0 Å². The maximum atomic E-state index is 12.6. The van der Waals surface area contributed by atoms with Crippen molar-refractivity contribution >= 4 is 32.5 Å². The molecule has 8 heteroatoms. The van der Waals surface area contributed by atoms with E-state index in [-0.39, 0.29) is 21.8 Å². The largest absolute Gasteiger partial charge is 0.322 e. The number of rotatable bonds is 4. The van der Waals surface area contributed by atoms with Crippen LogP contribution in [-0.4, -0.2) is 37.7 Å². The Hall–Kier alpha value is -2.97. The molecule has 0 aliphatic rings. The van der Waals surface area contributed by atoms with Crippen LogP contribution >= 0.6 is 0 Å². The van der Waals surface area contributed by atoms with Gasteiger partial charge in [0.15, 0.2) is 0 Å². The summed E-state index contributed by atoms with van der Waals surface area (Å²) < 4.78 is 25.4. The minimum atomic E-state index is -3.55. The first kappa shape index (κ1) is 21.7. The number of benzene rings is 2. The second kappa shape index (κ2) is 7.70. The highest BCUT2D eigenvalue weighted by Crippen LogP contribution is 2.29. The number of aromatic amines is 1. The molecule has 30 heavy (non-hydrogen) atoms. The average Bonchev–Trinajstić information content (AvgIpc) is 2.66. The van der Waals surface area contributed by atoms with Crippen LogP contribution in [0.3, 0.4) is 0 Å². The van der Waals surface area contributed by atoms with E-state index in [9.17, 15) is 18.0 Å². The van der Waals surface area contributed by atoms with Crippen molar-refractivity contribution in [3.8, 4) is 0 Å². The number of fused-ring (bicyclic) bond motifs is 1. The Labute approximate surface area is 175 Å². The molecule has 0 radical (unpaired) electrons. The fourth-order valence-electron chi connectivity index (χ4n) is 3.15. The zero-order valence-corrected chi connectivity index (χ0v) is 18.4. The van der Waals surface area contributed by atoms with Crippen LogP contribution in [-0.2, 0) is 15.4 Å². The first-order valence-electron chi connectivity index (χ1n) is 9.41. The molecular formula is C22H25N3O4S. The number of carbonyl (C=O) groups excluding carboxylic acids is 1. The van der Waals surface area contributed by atoms with Crippen LogP contribution in [0.1, 0.15) is 36.7 Å². The Kier molecular flexibility index (Phi) is 5.58. The SMILES string of the molecule is CN(C)S(=O)(=O)c1ccc(C(=O)Nc2ccc3c(C(C)(C)C)cc(=O)[nH]c3c2)cc1. The van der Waals surface area contributed by atoms with Crippen molar-refractivity contribution in [3.63, 3.8) is 0 Å². The number of hydrogen-bond donors (Lipinski definition) is 2. The van der Waals surface area contributed by atoms with Gasteiger partial charge < -0.3 is 10.3 Å². The van der Waals surface area contributed by atoms with Gasteiger partial charge in [-0.2, -0.15) is 0 Å². The summed E-state index contributed by atoms with van der Waals surface area (Å²) in [7, 11) is -0.656. The van der Waals surface area contributed by atoms with Crippen molar-refractivity contribution in [2.75, 3.05) is 19.4 Å². The van der Waals surface area contributed by atoms with Gasteiger partial charge in [0.1, 0.15) is 0 Å². The van der Waals surface area contributed by atoms with Crippen molar-refractivity contribution in [1.29, 1.82) is 0 Å². The van der Waals surface area contributed by atoms with Crippen LogP contribution in [0.15, 0.2) is 58.2 Å². The number of nitrogens with one attached hydrogen (secondary N) is 2. The van der Waals surface area contributed by atoms with Crippen molar-refractivity contribution in [2.24, 2.45) is 0 Å². The molecule has 0 saturated carbocycles. The highest BCUT2D eigenvalue weighted by atomic mass is 32.2. The zero-order valence-electron chi connectivity index (χ0n) is 17.6. The van der Waals surface area contributed by atoms with Crippen molar-refractivity contribution in [3.05, 3.63) is 70.0 Å². The van der Waals surface area contributed by atoms with Gasteiger partial charge in [0.2, 0.25) is 15.6 Å². The third-order valence-electron chi connectivity index (χ3n) is 4.80. The normalized spacial score (nSPS) is 12.3. The predicted molar refractivity (Wildman–Crippen MR) is 119 cm³/mol. The molecule has 3 rings (SSSR count). The lowest BCUT2D eigenvalue weighted by Gasteiger charge is -2.21. The fourth-order valence-corrected chi connectivity index (χ4v) is 4.05. The summed E-state index contributed by atoms with van der Waals surface area (Å²) >= 11 is 0. The summed E-state index contributed by atoms with van der Waals surface area (Å²) in [4.78, 5) is 27.6. The monoisotopic (exact) mass is 427 g/mol. The summed E-state index contributed by atoms with van der Waals surface area (Å²) in [6, 6.07) is 12.7. The minimum Gasteiger partial charge on any atom is -0.322 e. The molecular weight excluding hydrogens is 402 g/mol. The molecule has 1 amide bonds. The molecule has 0 fully saturated rings. The second-order valence-electron chi connectivity index (χ2n) is 8.32. The fraction of sp³-hybridized carbons (Fsp3) is 0.273. The van der Waals surface area contributed by atoms with E-state index in [2.05, 4.69) is 10.3 Å². The number of pyridine rings is 1. The number of carbonyl (C=O) groups is 1. The van der Waals surface area contributed by atoms with Crippen molar-refractivity contribution < 1.29 is 13.2 Å². The van der Waals surface area contributed by atoms with Gasteiger partial charge in [-0.05, 0) is 47.4 Å². The Morgan fingerprint density at radius 2 is 1.63 bits per heavy atom. The van der Waals surface area contributed by atoms with E-state index in [4.69, 9.17) is 0 Å². The second-order valence-corrected chi connectivity index (χ2v) is 10.5. The lowest BCUT2D eigenvalue weighted by atomic mass is 9.85. The highest BCUT2D eigenvalue weighted by Gasteiger charge is 2.19. The van der Waals surface area contributed by atoms with E-state index in [0.29, 0.717) is 16.8 Å². The standard InChI is InChI=1S/C22H25N3O4S/c1-22(2,3)18-13-20(26)24-19-12-15(8-11-17(18)19)23-21(27)14-6-9-16(10-7-14)30(28,29)25(4)5/h6-13H,1-5H3,(H,23,27)(H,24,26). The summed E-state index contributed by atoms with van der Waals surface area (Å²) in [5.41, 5.74) is 2.01. The lowest BCUT2D eigenvalue weighted by molar-refractivity contribution is 0.102. The van der Waals surface area contributed by atoms with Crippen LogP contribution < -0.4 is 10.9 Å². The highest BCUT2D eigenvalue weighted by molar-refractivity contribution is 7.89. The number of hydrogen-bond acceptors (Lipinski definition) is 4. The predicted octanol–water partition coefficient (Wildman–Crippen LogP) is 3.33. The van der Waals surface area contributed by atoms with Crippen LogP contribution in [0.2, 0.25) is 0 Å². The van der Waals surface area contributed by atoms with E-state index < -0.39 is 10.0 Å². The Balaban J connectivity index is 1.89. The van der Waals surface area contributed by atoms with Gasteiger partial charge in [-0.3, -0.25) is 9.59 Å². The summed E-state index contributed by atoms with van der Waals surface area (Å²) in [5, 5.41) is 3.70. The molecule has 0 spiro atoms. The Morgan fingerprint density at radius 3 is 2.20 bits per heavy atom. The molecule has 1 aromatic heterocycles. The molecule has 158 valence electrons. The quantitative estimate of drug-likeness (QED) is 0.667. The molecule has 0 saturated heterocycles. The van der Waals surface area contributed by atoms with Crippen molar-refractivity contribution in [2.45, 2.75) is 31.1 Å². The minimum absolute atomic E-state index is 0.113. The van der Waals surface area contributed by atoms with Gasteiger partial charge in [0, 0.05) is 36.8 Å². The van der Waals surface area contributed by atoms with Crippen molar-refractivity contribution in [1.82, 2.24) is 9.29 Å². The molecule has 0 bridgehead atoms.